The second-order valence-electron chi connectivity index (χ2n) is 7.28. The minimum absolute atomic E-state index is 0.361. The molecule has 1 aliphatic heterocycles. The third-order valence-corrected chi connectivity index (χ3v) is 5.70. The fraction of sp³-hybridized carbons (Fsp3) is 0.227. The number of rotatable bonds is 4. The number of benzene rings is 1. The van der Waals surface area contributed by atoms with Crippen LogP contribution < -0.4 is 9.47 Å². The summed E-state index contributed by atoms with van der Waals surface area (Å²) in [6.07, 6.45) is 5.54. The summed E-state index contributed by atoms with van der Waals surface area (Å²) in [5, 5.41) is 1.06. The van der Waals surface area contributed by atoms with Crippen LogP contribution in [0, 0.1) is 0 Å². The van der Waals surface area contributed by atoms with Crippen molar-refractivity contribution in [2.45, 2.75) is 13.1 Å². The first-order chi connectivity index (χ1) is 15.1. The minimum atomic E-state index is 0.361. The Balaban J connectivity index is 1.46. The molecule has 158 valence electrons. The van der Waals surface area contributed by atoms with Gasteiger partial charge in [0.15, 0.2) is 0 Å². The predicted octanol–water partition coefficient (Wildman–Crippen LogP) is 4.53. The van der Waals surface area contributed by atoms with Gasteiger partial charge in [0.25, 0.3) is 0 Å². The van der Waals surface area contributed by atoms with Crippen LogP contribution in [-0.2, 0) is 13.1 Å². The van der Waals surface area contributed by atoms with E-state index < -0.39 is 0 Å². The summed E-state index contributed by atoms with van der Waals surface area (Å²) in [6, 6.07) is 10.1. The summed E-state index contributed by atoms with van der Waals surface area (Å²) >= 11 is 12.7. The van der Waals surface area contributed by atoms with Crippen molar-refractivity contribution < 1.29 is 9.47 Å². The molecular weight excluding hydrogens is 437 g/mol. The lowest BCUT2D eigenvalue weighted by molar-refractivity contribution is 0.219. The average molecular weight is 456 g/mol. The third kappa shape index (κ3) is 4.04. The molecule has 7 nitrogen and oxygen atoms in total. The van der Waals surface area contributed by atoms with Crippen LogP contribution in [-0.4, -0.2) is 44.7 Å². The van der Waals surface area contributed by atoms with E-state index in [-0.39, 0.29) is 0 Å². The molecule has 0 saturated heterocycles. The average Bonchev–Trinajstić information content (AvgIpc) is 3.07. The second kappa shape index (κ2) is 8.34. The maximum atomic E-state index is 6.63. The van der Waals surface area contributed by atoms with Crippen LogP contribution >= 0.6 is 23.2 Å². The van der Waals surface area contributed by atoms with Crippen molar-refractivity contribution in [2.24, 2.45) is 0 Å². The lowest BCUT2D eigenvalue weighted by Crippen LogP contribution is -2.25. The summed E-state index contributed by atoms with van der Waals surface area (Å²) in [5.74, 6) is 0.733. The first-order valence-electron chi connectivity index (χ1n) is 9.77. The molecule has 1 aromatic carbocycles. The van der Waals surface area contributed by atoms with Gasteiger partial charge in [-0.3, -0.25) is 4.90 Å². The fourth-order valence-corrected chi connectivity index (χ4v) is 4.23. The van der Waals surface area contributed by atoms with E-state index in [1.54, 1.807) is 25.6 Å². The number of ether oxygens (including phenoxy) is 2. The van der Waals surface area contributed by atoms with E-state index in [1.807, 2.05) is 24.4 Å². The zero-order valence-electron chi connectivity index (χ0n) is 16.8. The molecule has 0 radical (unpaired) electrons. The van der Waals surface area contributed by atoms with E-state index >= 15 is 0 Å². The predicted molar refractivity (Wildman–Crippen MR) is 119 cm³/mol. The van der Waals surface area contributed by atoms with E-state index in [0.29, 0.717) is 35.9 Å². The van der Waals surface area contributed by atoms with Gasteiger partial charge in [0.05, 0.1) is 23.2 Å². The molecule has 5 rings (SSSR count). The van der Waals surface area contributed by atoms with Gasteiger partial charge in [-0.05, 0) is 30.3 Å². The molecule has 0 atom stereocenters. The van der Waals surface area contributed by atoms with Crippen molar-refractivity contribution in [2.75, 3.05) is 20.3 Å². The van der Waals surface area contributed by atoms with Crippen LogP contribution in [0.1, 0.15) is 11.1 Å². The summed E-state index contributed by atoms with van der Waals surface area (Å²) < 4.78 is 13.1. The molecule has 0 spiro atoms. The molecular formula is C22H19Cl2N5O2. The monoisotopic (exact) mass is 455 g/mol. The highest BCUT2D eigenvalue weighted by Gasteiger charge is 2.20. The molecule has 31 heavy (non-hydrogen) atoms. The minimum Gasteiger partial charge on any atom is -0.490 e. The summed E-state index contributed by atoms with van der Waals surface area (Å²) in [6.45, 7) is 2.71. The van der Waals surface area contributed by atoms with Crippen molar-refractivity contribution in [3.8, 4) is 17.4 Å². The Hall–Kier alpha value is -2.87. The Morgan fingerprint density at radius 2 is 1.97 bits per heavy atom. The van der Waals surface area contributed by atoms with E-state index in [0.717, 1.165) is 40.1 Å². The molecule has 9 heteroatoms. The molecule has 4 heterocycles. The Bertz CT molecular complexity index is 1240. The highest BCUT2D eigenvalue weighted by Crippen LogP contribution is 2.35. The van der Waals surface area contributed by atoms with Crippen LogP contribution in [0.15, 0.2) is 48.9 Å². The van der Waals surface area contributed by atoms with Gasteiger partial charge in [-0.25, -0.2) is 15.0 Å². The molecule has 0 unspecified atom stereocenters. The number of aromatic nitrogens is 4. The molecule has 0 amide bonds. The van der Waals surface area contributed by atoms with Gasteiger partial charge in [-0.15, -0.1) is 0 Å². The van der Waals surface area contributed by atoms with Gasteiger partial charge in [0, 0.05) is 55.0 Å². The number of pyridine rings is 1. The Labute approximate surface area is 189 Å². The molecule has 1 aliphatic rings. The Morgan fingerprint density at radius 3 is 2.77 bits per heavy atom. The number of fused-ring (bicyclic) bond motifs is 2. The third-order valence-electron chi connectivity index (χ3n) is 5.21. The van der Waals surface area contributed by atoms with Crippen LogP contribution in [0.4, 0.5) is 0 Å². The quantitative estimate of drug-likeness (QED) is 0.421. The fourth-order valence-electron chi connectivity index (χ4n) is 3.79. The number of nitrogens with zero attached hydrogens (tertiary/aromatic N) is 5. The van der Waals surface area contributed by atoms with Crippen molar-refractivity contribution in [3.05, 3.63) is 70.2 Å². The summed E-state index contributed by atoms with van der Waals surface area (Å²) in [4.78, 5) is 15.1. The second-order valence-corrected chi connectivity index (χ2v) is 8.07. The SMILES string of the molecule is COc1ncc(CN2CCOc3c(Cl)cc(-n4ccc5nc(Cl)ccc54)cc3C2)cn1. The summed E-state index contributed by atoms with van der Waals surface area (Å²) in [5.41, 5.74) is 4.77. The number of methoxy groups -OCH3 is 1. The van der Waals surface area contributed by atoms with Gasteiger partial charge in [0.2, 0.25) is 0 Å². The van der Waals surface area contributed by atoms with Gasteiger partial charge in [-0.1, -0.05) is 23.2 Å². The molecule has 0 N–H and O–H groups in total. The normalized spacial score (nSPS) is 14.2. The first kappa shape index (κ1) is 20.1. The van der Waals surface area contributed by atoms with Crippen LogP contribution in [0.2, 0.25) is 10.2 Å². The molecule has 0 fully saturated rings. The van der Waals surface area contributed by atoms with E-state index in [9.17, 15) is 0 Å². The number of hydrogen-bond acceptors (Lipinski definition) is 6. The van der Waals surface area contributed by atoms with E-state index in [1.165, 1.54) is 0 Å². The molecule has 0 aliphatic carbocycles. The Kier molecular flexibility index (Phi) is 5.40. The standard InChI is InChI=1S/C22H19Cl2N5O2/c1-30-22-25-10-14(11-26-22)12-28-6-7-31-21-15(13-28)8-16(9-17(21)23)29-5-4-18-19(29)2-3-20(24)27-18/h2-5,8-11H,6-7,12-13H2,1H3. The zero-order valence-corrected chi connectivity index (χ0v) is 18.3. The van der Waals surface area contributed by atoms with Crippen LogP contribution in [0.3, 0.4) is 0 Å². The lowest BCUT2D eigenvalue weighted by atomic mass is 10.1. The smallest absolute Gasteiger partial charge is 0.316 e. The van der Waals surface area contributed by atoms with Crippen molar-refractivity contribution >= 4 is 34.2 Å². The van der Waals surface area contributed by atoms with Crippen LogP contribution in [0.25, 0.3) is 16.7 Å². The lowest BCUT2D eigenvalue weighted by Gasteiger charge is -2.19. The number of halogens is 2. The van der Waals surface area contributed by atoms with Gasteiger partial charge >= 0.3 is 6.01 Å². The van der Waals surface area contributed by atoms with Gasteiger partial charge < -0.3 is 14.0 Å². The topological polar surface area (TPSA) is 65.3 Å². The van der Waals surface area contributed by atoms with Crippen molar-refractivity contribution in [1.29, 1.82) is 0 Å². The van der Waals surface area contributed by atoms with E-state index in [2.05, 4.69) is 30.5 Å². The van der Waals surface area contributed by atoms with E-state index in [4.69, 9.17) is 32.7 Å². The molecule has 4 aromatic rings. The maximum Gasteiger partial charge on any atom is 0.316 e. The maximum absolute atomic E-state index is 6.63. The van der Waals surface area contributed by atoms with Gasteiger partial charge in [0.1, 0.15) is 17.5 Å². The summed E-state index contributed by atoms with van der Waals surface area (Å²) in [7, 11) is 1.55. The van der Waals surface area contributed by atoms with Gasteiger partial charge in [-0.2, -0.15) is 0 Å². The molecule has 3 aromatic heterocycles. The molecule has 0 saturated carbocycles. The highest BCUT2D eigenvalue weighted by atomic mass is 35.5. The zero-order chi connectivity index (χ0) is 21.4. The highest BCUT2D eigenvalue weighted by molar-refractivity contribution is 6.32. The van der Waals surface area contributed by atoms with Crippen LogP contribution in [0.5, 0.6) is 11.8 Å². The largest absolute Gasteiger partial charge is 0.490 e. The van der Waals surface area contributed by atoms with Crippen molar-refractivity contribution in [3.63, 3.8) is 0 Å². The first-order valence-corrected chi connectivity index (χ1v) is 10.5. The Morgan fingerprint density at radius 1 is 1.13 bits per heavy atom. The molecule has 0 bridgehead atoms. The number of hydrogen-bond donors (Lipinski definition) is 0. The van der Waals surface area contributed by atoms with Crippen molar-refractivity contribution in [1.82, 2.24) is 24.4 Å².